The molecule has 2 aliphatic rings. The zero-order valence-corrected chi connectivity index (χ0v) is 14.3. The smallest absolute Gasteiger partial charge is 0.0679 e. The number of piperidine rings is 2. The highest BCUT2D eigenvalue weighted by atomic mass is 16.5. The van der Waals surface area contributed by atoms with Crippen molar-refractivity contribution in [3.8, 4) is 0 Å². The van der Waals surface area contributed by atoms with E-state index in [1.165, 1.54) is 0 Å². The minimum absolute atomic E-state index is 0.0505. The van der Waals surface area contributed by atoms with Gasteiger partial charge in [0.25, 0.3) is 0 Å². The molecule has 4 nitrogen and oxygen atoms in total. The topological polar surface area (TPSA) is 35.9 Å². The molecule has 0 bridgehead atoms. The lowest BCUT2D eigenvalue weighted by molar-refractivity contribution is -0.0935. The van der Waals surface area contributed by atoms with Gasteiger partial charge in [-0.05, 0) is 53.4 Å². The molecule has 2 fully saturated rings. The Labute approximate surface area is 130 Å². The van der Waals surface area contributed by atoms with Crippen LogP contribution in [0.1, 0.15) is 53.4 Å². The van der Waals surface area contributed by atoms with Gasteiger partial charge in [-0.1, -0.05) is 0 Å². The Hall–Kier alpha value is -0.160. The Balaban J connectivity index is 1.72. The molecule has 0 saturated carbocycles. The van der Waals surface area contributed by atoms with Crippen LogP contribution >= 0.6 is 0 Å². The number of likely N-dealkylation sites (tertiary alicyclic amines) is 2. The van der Waals surface area contributed by atoms with Crippen molar-refractivity contribution >= 4 is 0 Å². The third-order valence-electron chi connectivity index (χ3n) is 5.38. The van der Waals surface area contributed by atoms with E-state index in [4.69, 9.17) is 4.74 Å². The highest BCUT2D eigenvalue weighted by Crippen LogP contribution is 2.27. The molecular weight excluding hydrogens is 264 g/mol. The molecular formula is C17H34N2O2. The molecule has 2 aliphatic heterocycles. The van der Waals surface area contributed by atoms with Gasteiger partial charge in [-0.25, -0.2) is 0 Å². The van der Waals surface area contributed by atoms with E-state index in [-0.39, 0.29) is 11.7 Å². The van der Waals surface area contributed by atoms with Crippen molar-refractivity contribution in [2.75, 3.05) is 32.8 Å². The van der Waals surface area contributed by atoms with Crippen LogP contribution in [-0.2, 0) is 4.74 Å². The molecule has 2 saturated heterocycles. The maximum atomic E-state index is 9.59. The molecule has 4 heteroatoms. The third kappa shape index (κ3) is 4.92. The lowest BCUT2D eigenvalue weighted by Crippen LogP contribution is -2.49. The van der Waals surface area contributed by atoms with Gasteiger partial charge in [0.05, 0.1) is 18.3 Å². The quantitative estimate of drug-likeness (QED) is 0.843. The van der Waals surface area contributed by atoms with E-state index in [1.54, 1.807) is 0 Å². The summed E-state index contributed by atoms with van der Waals surface area (Å²) in [5, 5.41) is 9.59. The maximum absolute atomic E-state index is 9.59. The highest BCUT2D eigenvalue weighted by Gasteiger charge is 2.32. The van der Waals surface area contributed by atoms with Gasteiger partial charge in [0, 0.05) is 38.3 Å². The zero-order valence-electron chi connectivity index (χ0n) is 14.3. The Bertz CT molecular complexity index is 306. The summed E-state index contributed by atoms with van der Waals surface area (Å²) >= 11 is 0. The van der Waals surface area contributed by atoms with Gasteiger partial charge >= 0.3 is 0 Å². The standard InChI is InChI=1S/C17H34N2O2/c1-14(2)18-11-7-17(4,8-12-18)21-13-15(3)19-9-5-16(20)6-10-19/h14-16,20H,5-13H2,1-4H3. The maximum Gasteiger partial charge on any atom is 0.0679 e. The summed E-state index contributed by atoms with van der Waals surface area (Å²) in [6, 6.07) is 1.10. The average molecular weight is 298 g/mol. The summed E-state index contributed by atoms with van der Waals surface area (Å²) in [5.74, 6) is 0. The van der Waals surface area contributed by atoms with Crippen molar-refractivity contribution in [1.82, 2.24) is 9.80 Å². The summed E-state index contributed by atoms with van der Waals surface area (Å²) in [6.07, 6.45) is 4.00. The molecule has 0 aromatic rings. The van der Waals surface area contributed by atoms with Crippen LogP contribution in [0.2, 0.25) is 0 Å². The minimum atomic E-state index is -0.0905. The van der Waals surface area contributed by atoms with Crippen molar-refractivity contribution in [3.63, 3.8) is 0 Å². The second-order valence-corrected chi connectivity index (χ2v) is 7.51. The molecule has 0 aliphatic carbocycles. The third-order valence-corrected chi connectivity index (χ3v) is 5.38. The SMILES string of the molecule is CC(C)N1CCC(C)(OCC(C)N2CCC(O)CC2)CC1. The van der Waals surface area contributed by atoms with Crippen molar-refractivity contribution in [2.45, 2.75) is 77.2 Å². The zero-order chi connectivity index (χ0) is 15.5. The fourth-order valence-corrected chi connectivity index (χ4v) is 3.41. The Morgan fingerprint density at radius 1 is 1.05 bits per heavy atom. The van der Waals surface area contributed by atoms with Gasteiger partial charge < -0.3 is 14.7 Å². The Kier molecular flexibility index (Phi) is 6.06. The number of hydrogen-bond donors (Lipinski definition) is 1. The van der Waals surface area contributed by atoms with Crippen LogP contribution in [0, 0.1) is 0 Å². The number of ether oxygens (including phenoxy) is 1. The van der Waals surface area contributed by atoms with Gasteiger partial charge in [0.1, 0.15) is 0 Å². The number of aliphatic hydroxyl groups is 1. The van der Waals surface area contributed by atoms with Gasteiger partial charge in [0.15, 0.2) is 0 Å². The van der Waals surface area contributed by atoms with E-state index in [0.717, 1.165) is 58.5 Å². The predicted octanol–water partition coefficient (Wildman–Crippen LogP) is 2.11. The second-order valence-electron chi connectivity index (χ2n) is 7.51. The average Bonchev–Trinajstić information content (AvgIpc) is 2.46. The van der Waals surface area contributed by atoms with Crippen LogP contribution in [0.5, 0.6) is 0 Å². The molecule has 2 heterocycles. The summed E-state index contributed by atoms with van der Waals surface area (Å²) in [4.78, 5) is 5.00. The fraction of sp³-hybridized carbons (Fsp3) is 1.00. The van der Waals surface area contributed by atoms with Crippen molar-refractivity contribution in [3.05, 3.63) is 0 Å². The van der Waals surface area contributed by atoms with Gasteiger partial charge in [-0.2, -0.15) is 0 Å². The summed E-state index contributed by atoms with van der Waals surface area (Å²) in [7, 11) is 0. The van der Waals surface area contributed by atoms with Gasteiger partial charge in [-0.3, -0.25) is 4.90 Å². The molecule has 1 atom stereocenters. The van der Waals surface area contributed by atoms with Crippen LogP contribution in [0.15, 0.2) is 0 Å². The van der Waals surface area contributed by atoms with E-state index in [1.807, 2.05) is 0 Å². The molecule has 21 heavy (non-hydrogen) atoms. The normalized spacial score (nSPS) is 27.1. The first-order chi connectivity index (χ1) is 9.89. The minimum Gasteiger partial charge on any atom is -0.393 e. The van der Waals surface area contributed by atoms with Crippen LogP contribution in [0.25, 0.3) is 0 Å². The number of hydrogen-bond acceptors (Lipinski definition) is 4. The molecule has 124 valence electrons. The molecule has 2 rings (SSSR count). The largest absolute Gasteiger partial charge is 0.393 e. The van der Waals surface area contributed by atoms with E-state index < -0.39 is 0 Å². The number of rotatable bonds is 5. The lowest BCUT2D eigenvalue weighted by atomic mass is 9.92. The Morgan fingerprint density at radius 2 is 1.62 bits per heavy atom. The van der Waals surface area contributed by atoms with Crippen LogP contribution < -0.4 is 0 Å². The van der Waals surface area contributed by atoms with E-state index in [2.05, 4.69) is 37.5 Å². The van der Waals surface area contributed by atoms with E-state index in [9.17, 15) is 5.11 Å². The van der Waals surface area contributed by atoms with Crippen molar-refractivity contribution < 1.29 is 9.84 Å². The lowest BCUT2D eigenvalue weighted by Gasteiger charge is -2.42. The van der Waals surface area contributed by atoms with Gasteiger partial charge in [-0.15, -0.1) is 0 Å². The molecule has 0 radical (unpaired) electrons. The van der Waals surface area contributed by atoms with Crippen molar-refractivity contribution in [2.24, 2.45) is 0 Å². The summed E-state index contributed by atoms with van der Waals surface area (Å²) < 4.78 is 6.31. The monoisotopic (exact) mass is 298 g/mol. The van der Waals surface area contributed by atoms with Crippen molar-refractivity contribution in [1.29, 1.82) is 0 Å². The molecule has 1 N–H and O–H groups in total. The van der Waals surface area contributed by atoms with E-state index in [0.29, 0.717) is 12.1 Å². The molecule has 0 aromatic carbocycles. The number of aliphatic hydroxyl groups excluding tert-OH is 1. The fourth-order valence-electron chi connectivity index (χ4n) is 3.41. The van der Waals surface area contributed by atoms with Crippen LogP contribution in [0.4, 0.5) is 0 Å². The first-order valence-corrected chi connectivity index (χ1v) is 8.70. The first kappa shape index (κ1) is 17.2. The second kappa shape index (κ2) is 7.40. The predicted molar refractivity (Wildman–Crippen MR) is 86.6 cm³/mol. The molecule has 0 spiro atoms. The van der Waals surface area contributed by atoms with Gasteiger partial charge in [0.2, 0.25) is 0 Å². The first-order valence-electron chi connectivity index (χ1n) is 8.70. The molecule has 0 amide bonds. The summed E-state index contributed by atoms with van der Waals surface area (Å²) in [6.45, 7) is 14.2. The van der Waals surface area contributed by atoms with Crippen LogP contribution in [0.3, 0.4) is 0 Å². The molecule has 1 unspecified atom stereocenters. The highest BCUT2D eigenvalue weighted by molar-refractivity contribution is 4.86. The van der Waals surface area contributed by atoms with Crippen LogP contribution in [-0.4, -0.2) is 71.5 Å². The van der Waals surface area contributed by atoms with E-state index >= 15 is 0 Å². The summed E-state index contributed by atoms with van der Waals surface area (Å²) in [5.41, 5.74) is 0.0505. The Morgan fingerprint density at radius 3 is 2.14 bits per heavy atom. The molecule has 0 aromatic heterocycles. The number of nitrogens with zero attached hydrogens (tertiary/aromatic N) is 2.